The van der Waals surface area contributed by atoms with Crippen LogP contribution in [0.15, 0.2) is 18.2 Å². The molecule has 1 aliphatic carbocycles. The Morgan fingerprint density at radius 1 is 1.11 bits per heavy atom. The summed E-state index contributed by atoms with van der Waals surface area (Å²) in [6, 6.07) is 5.19. The van der Waals surface area contributed by atoms with Crippen LogP contribution in [0.2, 0.25) is 5.02 Å². The van der Waals surface area contributed by atoms with Gasteiger partial charge in [0.1, 0.15) is 5.82 Å². The van der Waals surface area contributed by atoms with Crippen molar-refractivity contribution >= 4 is 27.5 Å². The molecule has 6 nitrogen and oxygen atoms in total. The first kappa shape index (κ1) is 25.4. The topological polar surface area (TPSA) is 60.9 Å². The number of piperidine rings is 2. The highest BCUT2D eigenvalue weighted by molar-refractivity contribution is 7.88. The van der Waals surface area contributed by atoms with Crippen molar-refractivity contribution in [2.24, 2.45) is 17.8 Å². The quantitative estimate of drug-likeness (QED) is 0.519. The second-order valence-corrected chi connectivity index (χ2v) is 13.8. The van der Waals surface area contributed by atoms with E-state index in [4.69, 9.17) is 11.6 Å². The molecule has 0 N–H and O–H groups in total. The lowest BCUT2D eigenvalue weighted by atomic mass is 9.71. The average Bonchev–Trinajstić information content (AvgIpc) is 3.60. The molecule has 1 atom stereocenters. The molecule has 0 spiro atoms. The number of carbonyl (C=O) groups excluding carboxylic acids is 1. The average molecular weight is 526 g/mol. The molecular weight excluding hydrogens is 489 g/mol. The number of amides is 1. The van der Waals surface area contributed by atoms with E-state index in [0.29, 0.717) is 43.8 Å². The Hall–Kier alpha value is -1.22. The fourth-order valence-corrected chi connectivity index (χ4v) is 7.36. The largest absolute Gasteiger partial charge is 0.342 e. The van der Waals surface area contributed by atoms with Crippen molar-refractivity contribution in [1.82, 2.24) is 14.1 Å². The number of benzene rings is 1. The Bertz CT molecular complexity index is 1050. The van der Waals surface area contributed by atoms with Crippen molar-refractivity contribution in [3.05, 3.63) is 34.6 Å². The third-order valence-electron chi connectivity index (χ3n) is 8.90. The Balaban J connectivity index is 1.21. The van der Waals surface area contributed by atoms with E-state index >= 15 is 0 Å². The van der Waals surface area contributed by atoms with E-state index in [9.17, 15) is 17.6 Å². The lowest BCUT2D eigenvalue weighted by molar-refractivity contribution is -0.136. The van der Waals surface area contributed by atoms with Crippen LogP contribution in [0.25, 0.3) is 0 Å². The first-order valence-electron chi connectivity index (χ1n) is 13.0. The second-order valence-electron chi connectivity index (χ2n) is 11.4. The highest BCUT2D eigenvalue weighted by Gasteiger charge is 2.43. The first-order chi connectivity index (χ1) is 16.6. The van der Waals surface area contributed by atoms with E-state index in [2.05, 4.69) is 4.90 Å². The van der Waals surface area contributed by atoms with E-state index < -0.39 is 15.8 Å². The standard InChI is InChI=1S/C26H37ClFN3O3S/c1-35(33,34)31-11-7-20(8-12-31)21-16-29(17-21)13-10-26(22-4-5-23(27)24(28)14-22)9-6-25(32)30(18-26)15-19-2-3-19/h4-5,14,19-21H,2-3,6-13,15-18H2,1H3/t26-/m1/s1. The van der Waals surface area contributed by atoms with E-state index in [0.717, 1.165) is 57.4 Å². The van der Waals surface area contributed by atoms with Crippen LogP contribution < -0.4 is 0 Å². The summed E-state index contributed by atoms with van der Waals surface area (Å²) in [5.41, 5.74) is 0.707. The minimum atomic E-state index is -3.09. The van der Waals surface area contributed by atoms with Crippen molar-refractivity contribution in [1.29, 1.82) is 0 Å². The molecule has 3 saturated heterocycles. The van der Waals surface area contributed by atoms with Crippen molar-refractivity contribution < 1.29 is 17.6 Å². The summed E-state index contributed by atoms with van der Waals surface area (Å²) in [5, 5.41) is 0.137. The first-order valence-corrected chi connectivity index (χ1v) is 15.3. The molecule has 3 heterocycles. The molecule has 194 valence electrons. The van der Waals surface area contributed by atoms with Crippen LogP contribution in [-0.4, -0.2) is 80.5 Å². The molecule has 9 heteroatoms. The van der Waals surface area contributed by atoms with Crippen molar-refractivity contribution in [3.8, 4) is 0 Å². The van der Waals surface area contributed by atoms with Crippen molar-refractivity contribution in [2.45, 2.75) is 50.4 Å². The molecule has 1 aromatic rings. The molecule has 35 heavy (non-hydrogen) atoms. The zero-order chi connectivity index (χ0) is 24.8. The van der Waals surface area contributed by atoms with Crippen LogP contribution in [-0.2, 0) is 20.2 Å². The predicted molar refractivity (Wildman–Crippen MR) is 135 cm³/mol. The van der Waals surface area contributed by atoms with Crippen LogP contribution in [0.5, 0.6) is 0 Å². The number of rotatable bonds is 8. The third kappa shape index (κ3) is 5.71. The molecule has 5 rings (SSSR count). The number of halogens is 2. The lowest BCUT2D eigenvalue weighted by Gasteiger charge is -2.48. The highest BCUT2D eigenvalue weighted by Crippen LogP contribution is 2.42. The molecule has 4 fully saturated rings. The number of likely N-dealkylation sites (tertiary alicyclic amines) is 2. The van der Waals surface area contributed by atoms with Gasteiger partial charge in [0.25, 0.3) is 0 Å². The van der Waals surface area contributed by atoms with Gasteiger partial charge in [-0.25, -0.2) is 17.1 Å². The van der Waals surface area contributed by atoms with Gasteiger partial charge in [-0.15, -0.1) is 0 Å². The van der Waals surface area contributed by atoms with E-state index in [-0.39, 0.29) is 16.3 Å². The summed E-state index contributed by atoms with van der Waals surface area (Å²) >= 11 is 5.99. The smallest absolute Gasteiger partial charge is 0.222 e. The normalized spacial score (nSPS) is 27.9. The molecule has 0 radical (unpaired) electrons. The SMILES string of the molecule is CS(=O)(=O)N1CCC(C2CN(CC[C@]3(c4ccc(Cl)c(F)c4)CCC(=O)N(CC4CC4)C3)C2)CC1. The van der Waals surface area contributed by atoms with Gasteiger partial charge in [0.15, 0.2) is 0 Å². The van der Waals surface area contributed by atoms with Gasteiger partial charge in [-0.05, 0) is 80.5 Å². The zero-order valence-corrected chi connectivity index (χ0v) is 22.2. The van der Waals surface area contributed by atoms with Gasteiger partial charge < -0.3 is 9.80 Å². The summed E-state index contributed by atoms with van der Waals surface area (Å²) in [5.74, 6) is 1.68. The number of hydrogen-bond donors (Lipinski definition) is 0. The molecule has 1 amide bonds. The van der Waals surface area contributed by atoms with Crippen LogP contribution in [0.4, 0.5) is 4.39 Å². The molecule has 4 aliphatic rings. The van der Waals surface area contributed by atoms with Crippen LogP contribution in [0, 0.1) is 23.6 Å². The summed E-state index contributed by atoms with van der Waals surface area (Å²) in [7, 11) is -3.09. The molecular formula is C26H37ClFN3O3S. The van der Waals surface area contributed by atoms with Crippen LogP contribution in [0.3, 0.4) is 0 Å². The van der Waals surface area contributed by atoms with E-state index in [1.54, 1.807) is 16.4 Å². The fraction of sp³-hybridized carbons (Fsp3) is 0.731. The second kappa shape index (κ2) is 9.92. The molecule has 0 unspecified atom stereocenters. The molecule has 3 aliphatic heterocycles. The molecule has 1 aromatic carbocycles. The Labute approximate surface area is 213 Å². The monoisotopic (exact) mass is 525 g/mol. The molecule has 0 aromatic heterocycles. The minimum absolute atomic E-state index is 0.137. The number of hydrogen-bond acceptors (Lipinski definition) is 4. The maximum Gasteiger partial charge on any atom is 0.222 e. The zero-order valence-electron chi connectivity index (χ0n) is 20.6. The van der Waals surface area contributed by atoms with E-state index in [1.165, 1.54) is 19.1 Å². The number of sulfonamides is 1. The maximum absolute atomic E-state index is 14.5. The van der Waals surface area contributed by atoms with Crippen LogP contribution in [0.1, 0.15) is 50.5 Å². The van der Waals surface area contributed by atoms with Crippen molar-refractivity contribution in [2.75, 3.05) is 52.1 Å². The third-order valence-corrected chi connectivity index (χ3v) is 10.5. The van der Waals surface area contributed by atoms with Gasteiger partial charge in [-0.2, -0.15) is 0 Å². The lowest BCUT2D eigenvalue weighted by Crippen LogP contribution is -2.55. The fourth-order valence-electron chi connectivity index (χ4n) is 6.37. The van der Waals surface area contributed by atoms with Gasteiger partial charge >= 0.3 is 0 Å². The summed E-state index contributed by atoms with van der Waals surface area (Å²) < 4.78 is 39.7. The summed E-state index contributed by atoms with van der Waals surface area (Å²) in [4.78, 5) is 17.2. The molecule has 1 saturated carbocycles. The van der Waals surface area contributed by atoms with E-state index in [1.807, 2.05) is 11.0 Å². The van der Waals surface area contributed by atoms with Gasteiger partial charge in [0.05, 0.1) is 11.3 Å². The minimum Gasteiger partial charge on any atom is -0.342 e. The molecule has 0 bridgehead atoms. The Morgan fingerprint density at radius 3 is 2.46 bits per heavy atom. The highest BCUT2D eigenvalue weighted by atomic mass is 35.5. The van der Waals surface area contributed by atoms with Gasteiger partial charge in [0.2, 0.25) is 15.9 Å². The summed E-state index contributed by atoms with van der Waals surface area (Å²) in [6.07, 6.45) is 7.73. The number of carbonyl (C=O) groups is 1. The number of nitrogens with zero attached hydrogens (tertiary/aromatic N) is 3. The Morgan fingerprint density at radius 2 is 1.83 bits per heavy atom. The maximum atomic E-state index is 14.5. The van der Waals surface area contributed by atoms with Gasteiger partial charge in [0, 0.05) is 51.1 Å². The predicted octanol–water partition coefficient (Wildman–Crippen LogP) is 3.74. The van der Waals surface area contributed by atoms with Crippen molar-refractivity contribution in [3.63, 3.8) is 0 Å². The Kier molecular flexibility index (Phi) is 7.21. The van der Waals surface area contributed by atoms with Crippen LogP contribution >= 0.6 is 11.6 Å². The summed E-state index contributed by atoms with van der Waals surface area (Å²) in [6.45, 7) is 5.76. The van der Waals surface area contributed by atoms with Gasteiger partial charge in [-0.3, -0.25) is 4.79 Å². The van der Waals surface area contributed by atoms with Gasteiger partial charge in [-0.1, -0.05) is 17.7 Å².